The molecular formula is C18H23NO2. The lowest BCUT2D eigenvalue weighted by Gasteiger charge is -2.21. The number of ether oxygens (including phenoxy) is 2. The second-order valence-corrected chi connectivity index (χ2v) is 5.18. The average molecular weight is 285 g/mol. The molecule has 21 heavy (non-hydrogen) atoms. The first-order valence-electron chi connectivity index (χ1n) is 7.07. The second kappa shape index (κ2) is 6.64. The summed E-state index contributed by atoms with van der Waals surface area (Å²) in [5.41, 5.74) is 4.79. The van der Waals surface area contributed by atoms with Crippen LogP contribution >= 0.6 is 0 Å². The van der Waals surface area contributed by atoms with Crippen LogP contribution in [0, 0.1) is 13.8 Å². The minimum absolute atomic E-state index is 0.129. The van der Waals surface area contributed by atoms with Gasteiger partial charge < -0.3 is 14.8 Å². The normalized spacial score (nSPS) is 12.0. The van der Waals surface area contributed by atoms with E-state index in [1.165, 1.54) is 16.7 Å². The minimum atomic E-state index is 0.129. The Labute approximate surface area is 126 Å². The average Bonchev–Trinajstić information content (AvgIpc) is 2.51. The van der Waals surface area contributed by atoms with Crippen LogP contribution in [0.4, 0.5) is 0 Å². The number of aryl methyl sites for hydroxylation is 2. The summed E-state index contributed by atoms with van der Waals surface area (Å²) in [5, 5.41) is 3.40. The Hall–Kier alpha value is -2.00. The molecule has 0 heterocycles. The number of benzene rings is 2. The molecule has 3 heteroatoms. The zero-order valence-electron chi connectivity index (χ0n) is 13.4. The van der Waals surface area contributed by atoms with Gasteiger partial charge in [0.05, 0.1) is 20.3 Å². The molecule has 0 aromatic heterocycles. The van der Waals surface area contributed by atoms with E-state index in [0.29, 0.717) is 0 Å². The number of rotatable bonds is 5. The van der Waals surface area contributed by atoms with Crippen LogP contribution in [0.2, 0.25) is 0 Å². The Bertz CT molecular complexity index is 623. The number of nitrogens with one attached hydrogen (secondary N) is 1. The van der Waals surface area contributed by atoms with E-state index >= 15 is 0 Å². The Morgan fingerprint density at radius 1 is 0.952 bits per heavy atom. The lowest BCUT2D eigenvalue weighted by atomic mass is 9.93. The Morgan fingerprint density at radius 3 is 2.33 bits per heavy atom. The first-order valence-corrected chi connectivity index (χ1v) is 7.07. The first-order chi connectivity index (χ1) is 10.1. The third-order valence-electron chi connectivity index (χ3n) is 3.81. The van der Waals surface area contributed by atoms with Crippen molar-refractivity contribution in [3.63, 3.8) is 0 Å². The fourth-order valence-corrected chi connectivity index (χ4v) is 2.67. The van der Waals surface area contributed by atoms with Crippen molar-refractivity contribution in [3.8, 4) is 11.5 Å². The molecule has 1 N–H and O–H groups in total. The Kier molecular flexibility index (Phi) is 4.86. The fraction of sp³-hybridized carbons (Fsp3) is 0.333. The highest BCUT2D eigenvalue weighted by atomic mass is 16.5. The van der Waals surface area contributed by atoms with Crippen LogP contribution in [0.1, 0.15) is 28.3 Å². The van der Waals surface area contributed by atoms with Gasteiger partial charge in [-0.1, -0.05) is 18.2 Å². The summed E-state index contributed by atoms with van der Waals surface area (Å²) in [7, 11) is 5.37. The highest BCUT2D eigenvalue weighted by Gasteiger charge is 2.16. The maximum absolute atomic E-state index is 5.40. The molecule has 0 fully saturated rings. The third kappa shape index (κ3) is 3.19. The van der Waals surface area contributed by atoms with Gasteiger partial charge in [-0.15, -0.1) is 0 Å². The van der Waals surface area contributed by atoms with Crippen LogP contribution in [0.3, 0.4) is 0 Å². The minimum Gasteiger partial charge on any atom is -0.497 e. The van der Waals surface area contributed by atoms with E-state index in [1.54, 1.807) is 14.2 Å². The van der Waals surface area contributed by atoms with Crippen molar-refractivity contribution in [2.75, 3.05) is 21.3 Å². The standard InChI is InChI=1S/C18H23NO2/c1-12-10-17(21-5)13(2)9-16(12)18(19-3)14-7-6-8-15(11-14)20-4/h6-11,18-19H,1-5H3. The molecule has 0 aliphatic rings. The van der Waals surface area contributed by atoms with Crippen LogP contribution in [-0.4, -0.2) is 21.3 Å². The molecule has 0 bridgehead atoms. The van der Waals surface area contributed by atoms with Gasteiger partial charge in [0, 0.05) is 0 Å². The Morgan fingerprint density at radius 2 is 1.71 bits per heavy atom. The predicted octanol–water partition coefficient (Wildman–Crippen LogP) is 3.63. The molecule has 0 saturated carbocycles. The predicted molar refractivity (Wildman–Crippen MR) is 86.4 cm³/mol. The number of methoxy groups -OCH3 is 2. The van der Waals surface area contributed by atoms with Crippen LogP contribution in [-0.2, 0) is 0 Å². The van der Waals surface area contributed by atoms with Gasteiger partial charge in [0.25, 0.3) is 0 Å². The van der Waals surface area contributed by atoms with Crippen molar-refractivity contribution < 1.29 is 9.47 Å². The summed E-state index contributed by atoms with van der Waals surface area (Å²) in [6.45, 7) is 4.18. The smallest absolute Gasteiger partial charge is 0.122 e. The molecule has 1 unspecified atom stereocenters. The molecule has 0 saturated heterocycles. The molecule has 0 spiro atoms. The van der Waals surface area contributed by atoms with Gasteiger partial charge in [-0.3, -0.25) is 0 Å². The van der Waals surface area contributed by atoms with E-state index in [2.05, 4.69) is 43.4 Å². The molecule has 2 aromatic rings. The molecular weight excluding hydrogens is 262 g/mol. The quantitative estimate of drug-likeness (QED) is 0.910. The van der Waals surface area contributed by atoms with Gasteiger partial charge in [0.2, 0.25) is 0 Å². The zero-order chi connectivity index (χ0) is 15.4. The summed E-state index contributed by atoms with van der Waals surface area (Å²) < 4.78 is 10.7. The maximum atomic E-state index is 5.40. The van der Waals surface area contributed by atoms with Crippen LogP contribution in [0.5, 0.6) is 11.5 Å². The second-order valence-electron chi connectivity index (χ2n) is 5.18. The van der Waals surface area contributed by atoms with Crippen molar-refractivity contribution in [2.24, 2.45) is 0 Å². The van der Waals surface area contributed by atoms with Crippen molar-refractivity contribution >= 4 is 0 Å². The lowest BCUT2D eigenvalue weighted by molar-refractivity contribution is 0.410. The van der Waals surface area contributed by atoms with E-state index < -0.39 is 0 Å². The fourth-order valence-electron chi connectivity index (χ4n) is 2.67. The highest BCUT2D eigenvalue weighted by molar-refractivity contribution is 5.46. The molecule has 2 rings (SSSR count). The van der Waals surface area contributed by atoms with Crippen LogP contribution in [0.15, 0.2) is 36.4 Å². The van der Waals surface area contributed by atoms with E-state index in [4.69, 9.17) is 9.47 Å². The largest absolute Gasteiger partial charge is 0.497 e. The van der Waals surface area contributed by atoms with Gasteiger partial charge in [-0.05, 0) is 61.3 Å². The monoisotopic (exact) mass is 285 g/mol. The molecule has 1 atom stereocenters. The Balaban J connectivity index is 2.48. The van der Waals surface area contributed by atoms with Gasteiger partial charge in [-0.2, -0.15) is 0 Å². The SMILES string of the molecule is CNC(c1cccc(OC)c1)c1cc(C)c(OC)cc1C. The van der Waals surface area contributed by atoms with Crippen molar-refractivity contribution in [1.29, 1.82) is 0 Å². The first kappa shape index (κ1) is 15.4. The summed E-state index contributed by atoms with van der Waals surface area (Å²) in [5.74, 6) is 1.80. The van der Waals surface area contributed by atoms with Crippen LogP contribution in [0.25, 0.3) is 0 Å². The highest BCUT2D eigenvalue weighted by Crippen LogP contribution is 2.31. The number of hydrogen-bond acceptors (Lipinski definition) is 3. The number of hydrogen-bond donors (Lipinski definition) is 1. The van der Waals surface area contributed by atoms with E-state index in [-0.39, 0.29) is 6.04 Å². The molecule has 0 aliphatic carbocycles. The molecule has 0 radical (unpaired) electrons. The van der Waals surface area contributed by atoms with Gasteiger partial charge in [0.1, 0.15) is 11.5 Å². The van der Waals surface area contributed by atoms with Gasteiger partial charge >= 0.3 is 0 Å². The summed E-state index contributed by atoms with van der Waals surface area (Å²) in [6, 6.07) is 12.6. The summed E-state index contributed by atoms with van der Waals surface area (Å²) in [4.78, 5) is 0. The van der Waals surface area contributed by atoms with Crippen LogP contribution < -0.4 is 14.8 Å². The topological polar surface area (TPSA) is 30.5 Å². The van der Waals surface area contributed by atoms with Gasteiger partial charge in [-0.25, -0.2) is 0 Å². The molecule has 112 valence electrons. The van der Waals surface area contributed by atoms with Gasteiger partial charge in [0.15, 0.2) is 0 Å². The molecule has 0 amide bonds. The molecule has 3 nitrogen and oxygen atoms in total. The van der Waals surface area contributed by atoms with Crippen molar-refractivity contribution in [3.05, 3.63) is 58.7 Å². The van der Waals surface area contributed by atoms with Crippen molar-refractivity contribution in [2.45, 2.75) is 19.9 Å². The maximum Gasteiger partial charge on any atom is 0.122 e. The van der Waals surface area contributed by atoms with E-state index in [1.807, 2.05) is 19.2 Å². The molecule has 2 aromatic carbocycles. The van der Waals surface area contributed by atoms with E-state index in [9.17, 15) is 0 Å². The molecule has 0 aliphatic heterocycles. The van der Waals surface area contributed by atoms with E-state index in [0.717, 1.165) is 17.1 Å². The van der Waals surface area contributed by atoms with Crippen molar-refractivity contribution in [1.82, 2.24) is 5.32 Å². The zero-order valence-corrected chi connectivity index (χ0v) is 13.4. The summed E-state index contributed by atoms with van der Waals surface area (Å²) >= 11 is 0. The summed E-state index contributed by atoms with van der Waals surface area (Å²) in [6.07, 6.45) is 0. The third-order valence-corrected chi connectivity index (χ3v) is 3.81. The lowest BCUT2D eigenvalue weighted by Crippen LogP contribution is -2.19.